The minimum atomic E-state index is -0.269. The van der Waals surface area contributed by atoms with Crippen molar-refractivity contribution in [2.45, 2.75) is 13.3 Å². The van der Waals surface area contributed by atoms with Crippen molar-refractivity contribution in [2.24, 2.45) is 0 Å². The second kappa shape index (κ2) is 10.3. The number of benzene rings is 3. The van der Waals surface area contributed by atoms with Crippen molar-refractivity contribution in [1.29, 1.82) is 0 Å². The van der Waals surface area contributed by atoms with Crippen LogP contribution in [0.5, 0.6) is 5.75 Å². The molecule has 1 aliphatic heterocycles. The highest BCUT2D eigenvalue weighted by atomic mass is 19.1. The van der Waals surface area contributed by atoms with Gasteiger partial charge in [-0.05, 0) is 60.9 Å². The summed E-state index contributed by atoms with van der Waals surface area (Å²) < 4.78 is 25.3. The number of para-hydroxylation sites is 1. The first kappa shape index (κ1) is 22.4. The number of hydrogen-bond donors (Lipinski definition) is 0. The summed E-state index contributed by atoms with van der Waals surface area (Å²) in [6.45, 7) is 7.41. The molecule has 0 radical (unpaired) electrons. The molecule has 0 unspecified atom stereocenters. The van der Waals surface area contributed by atoms with Gasteiger partial charge in [-0.2, -0.15) is 0 Å². The van der Waals surface area contributed by atoms with Gasteiger partial charge in [-0.1, -0.05) is 24.3 Å². The lowest BCUT2D eigenvalue weighted by Crippen LogP contribution is -2.37. The van der Waals surface area contributed by atoms with E-state index in [2.05, 4.69) is 16.0 Å². The molecule has 0 amide bonds. The van der Waals surface area contributed by atoms with Crippen LogP contribution >= 0.6 is 0 Å². The third-order valence-electron chi connectivity index (χ3n) is 6.16. The molecule has 1 aromatic heterocycles. The predicted octanol–water partition coefficient (Wildman–Crippen LogP) is 5.51. The van der Waals surface area contributed by atoms with Gasteiger partial charge in [0.05, 0.1) is 42.7 Å². The Labute approximate surface area is 199 Å². The normalized spacial score (nSPS) is 14.4. The highest BCUT2D eigenvalue weighted by molar-refractivity contribution is 5.92. The van der Waals surface area contributed by atoms with E-state index < -0.39 is 0 Å². The van der Waals surface area contributed by atoms with Gasteiger partial charge in [0.2, 0.25) is 0 Å². The van der Waals surface area contributed by atoms with E-state index >= 15 is 0 Å². The predicted molar refractivity (Wildman–Crippen MR) is 132 cm³/mol. The lowest BCUT2D eigenvalue weighted by molar-refractivity contribution is 0.0358. The molecule has 0 saturated carbocycles. The Morgan fingerprint density at radius 2 is 1.85 bits per heavy atom. The topological polar surface area (TPSA) is 47.5 Å². The summed E-state index contributed by atoms with van der Waals surface area (Å²) in [7, 11) is 0. The largest absolute Gasteiger partial charge is 0.493 e. The van der Waals surface area contributed by atoms with E-state index in [9.17, 15) is 4.39 Å². The maximum absolute atomic E-state index is 13.8. The molecule has 34 heavy (non-hydrogen) atoms. The molecule has 1 saturated heterocycles. The van der Waals surface area contributed by atoms with Crippen LogP contribution in [0.1, 0.15) is 12.0 Å². The lowest BCUT2D eigenvalue weighted by Gasteiger charge is -2.26. The fraction of sp³-hybridized carbons (Fsp3) is 0.286. The number of aryl methyl sites for hydroxylation is 1. The molecule has 6 heteroatoms. The van der Waals surface area contributed by atoms with Crippen molar-refractivity contribution in [1.82, 2.24) is 14.9 Å². The molecule has 0 aliphatic carbocycles. The maximum atomic E-state index is 13.8. The quantitative estimate of drug-likeness (QED) is 0.342. The van der Waals surface area contributed by atoms with Gasteiger partial charge >= 0.3 is 0 Å². The number of ether oxygens (including phenoxy) is 2. The van der Waals surface area contributed by atoms with Crippen LogP contribution in [0.25, 0.3) is 33.4 Å². The molecule has 4 aromatic rings. The van der Waals surface area contributed by atoms with E-state index in [1.807, 2.05) is 43.3 Å². The highest BCUT2D eigenvalue weighted by Gasteiger charge is 2.12. The van der Waals surface area contributed by atoms with Crippen LogP contribution in [0.2, 0.25) is 0 Å². The summed E-state index contributed by atoms with van der Waals surface area (Å²) in [5, 5.41) is 0. The van der Waals surface area contributed by atoms with Gasteiger partial charge in [0.15, 0.2) is 0 Å². The van der Waals surface area contributed by atoms with E-state index in [1.54, 1.807) is 12.3 Å². The molecule has 3 aromatic carbocycles. The number of hydrogen-bond acceptors (Lipinski definition) is 5. The highest BCUT2D eigenvalue weighted by Crippen LogP contribution is 2.30. The summed E-state index contributed by atoms with van der Waals surface area (Å²) in [5.74, 6) is 0.620. The van der Waals surface area contributed by atoms with Gasteiger partial charge in [-0.25, -0.2) is 9.37 Å². The SMILES string of the molecule is Cc1cc(-c2cnc3cccc(-c4cccc(F)c4)c3n2)ccc1OCCCN1CCOCC1. The fourth-order valence-electron chi connectivity index (χ4n) is 4.33. The number of fused-ring (bicyclic) bond motifs is 1. The summed E-state index contributed by atoms with van der Waals surface area (Å²) in [6, 6.07) is 18.5. The zero-order valence-electron chi connectivity index (χ0n) is 19.3. The van der Waals surface area contributed by atoms with Gasteiger partial charge in [-0.15, -0.1) is 0 Å². The molecule has 1 aliphatic rings. The maximum Gasteiger partial charge on any atom is 0.123 e. The van der Waals surface area contributed by atoms with Gasteiger partial charge in [0.1, 0.15) is 11.6 Å². The van der Waals surface area contributed by atoms with Crippen molar-refractivity contribution in [3.05, 3.63) is 78.2 Å². The second-order valence-corrected chi connectivity index (χ2v) is 8.58. The third kappa shape index (κ3) is 5.08. The van der Waals surface area contributed by atoms with E-state index in [1.165, 1.54) is 12.1 Å². The summed E-state index contributed by atoms with van der Waals surface area (Å²) in [4.78, 5) is 11.9. The summed E-state index contributed by atoms with van der Waals surface area (Å²) in [6.07, 6.45) is 2.77. The van der Waals surface area contributed by atoms with Gasteiger partial charge in [0, 0.05) is 30.8 Å². The lowest BCUT2D eigenvalue weighted by atomic mass is 10.0. The molecule has 0 N–H and O–H groups in total. The van der Waals surface area contributed by atoms with Crippen molar-refractivity contribution in [3.63, 3.8) is 0 Å². The first-order valence-electron chi connectivity index (χ1n) is 11.7. The number of aromatic nitrogens is 2. The van der Waals surface area contributed by atoms with Gasteiger partial charge in [-0.3, -0.25) is 9.88 Å². The van der Waals surface area contributed by atoms with Crippen molar-refractivity contribution in [2.75, 3.05) is 39.5 Å². The van der Waals surface area contributed by atoms with Gasteiger partial charge < -0.3 is 9.47 Å². The van der Waals surface area contributed by atoms with Crippen LogP contribution in [0.4, 0.5) is 4.39 Å². The van der Waals surface area contributed by atoms with Crippen molar-refractivity contribution in [3.8, 4) is 28.1 Å². The molecule has 174 valence electrons. The molecule has 0 spiro atoms. The van der Waals surface area contributed by atoms with Crippen LogP contribution in [-0.2, 0) is 4.74 Å². The van der Waals surface area contributed by atoms with E-state index in [-0.39, 0.29) is 5.82 Å². The third-order valence-corrected chi connectivity index (χ3v) is 6.16. The number of morpholine rings is 1. The molecule has 1 fully saturated rings. The van der Waals surface area contributed by atoms with E-state index in [4.69, 9.17) is 14.5 Å². The van der Waals surface area contributed by atoms with E-state index in [0.717, 1.165) is 84.0 Å². The molecular weight excluding hydrogens is 429 g/mol. The van der Waals surface area contributed by atoms with Crippen LogP contribution < -0.4 is 4.74 Å². The minimum Gasteiger partial charge on any atom is -0.493 e. The zero-order valence-corrected chi connectivity index (χ0v) is 19.3. The van der Waals surface area contributed by atoms with Crippen molar-refractivity contribution >= 4 is 11.0 Å². The van der Waals surface area contributed by atoms with Crippen LogP contribution in [-0.4, -0.2) is 54.3 Å². The first-order chi connectivity index (χ1) is 16.7. The molecular formula is C28H28FN3O2. The average Bonchev–Trinajstić information content (AvgIpc) is 2.87. The van der Waals surface area contributed by atoms with Crippen LogP contribution in [0, 0.1) is 12.7 Å². The van der Waals surface area contributed by atoms with Crippen LogP contribution in [0.15, 0.2) is 66.9 Å². The second-order valence-electron chi connectivity index (χ2n) is 8.58. The smallest absolute Gasteiger partial charge is 0.123 e. The molecule has 0 atom stereocenters. The monoisotopic (exact) mass is 457 g/mol. The number of rotatable bonds is 7. The standard InChI is InChI=1S/C28H28FN3O2/c1-20-17-22(9-10-27(20)34-14-4-11-32-12-15-33-16-13-32)26-19-30-25-8-3-7-24(28(25)31-26)21-5-2-6-23(29)18-21/h2-3,5-10,17-19H,4,11-16H2,1H3. The fourth-order valence-corrected chi connectivity index (χ4v) is 4.33. The zero-order chi connectivity index (χ0) is 23.3. The Balaban J connectivity index is 1.33. The Morgan fingerprint density at radius 1 is 1.00 bits per heavy atom. The van der Waals surface area contributed by atoms with Gasteiger partial charge in [0.25, 0.3) is 0 Å². The van der Waals surface area contributed by atoms with Crippen molar-refractivity contribution < 1.29 is 13.9 Å². The number of nitrogens with zero attached hydrogens (tertiary/aromatic N) is 3. The first-order valence-corrected chi connectivity index (χ1v) is 11.7. The van der Waals surface area contributed by atoms with E-state index in [0.29, 0.717) is 6.61 Å². The summed E-state index contributed by atoms with van der Waals surface area (Å²) >= 11 is 0. The Hall–Kier alpha value is -3.35. The molecule has 5 rings (SSSR count). The molecule has 2 heterocycles. The molecule has 0 bridgehead atoms. The Kier molecular flexibility index (Phi) is 6.79. The minimum absolute atomic E-state index is 0.269. The Bertz CT molecular complexity index is 1290. The average molecular weight is 458 g/mol. The van der Waals surface area contributed by atoms with Crippen LogP contribution in [0.3, 0.4) is 0 Å². The molecule has 5 nitrogen and oxygen atoms in total. The summed E-state index contributed by atoms with van der Waals surface area (Å²) in [5.41, 5.74) is 6.00. The number of halogens is 1. The Morgan fingerprint density at radius 3 is 2.68 bits per heavy atom.